The van der Waals surface area contributed by atoms with Crippen LogP contribution in [0.2, 0.25) is 0 Å². The number of halogens is 2. The van der Waals surface area contributed by atoms with Gasteiger partial charge in [-0.2, -0.15) is 8.78 Å². The molecule has 0 saturated carbocycles. The summed E-state index contributed by atoms with van der Waals surface area (Å²) in [4.78, 5) is 0. The van der Waals surface area contributed by atoms with Crippen LogP contribution in [0.3, 0.4) is 0 Å². The second kappa shape index (κ2) is 8.07. The zero-order valence-corrected chi connectivity index (χ0v) is 11.6. The minimum atomic E-state index is -2.78. The molecule has 1 aromatic rings. The van der Waals surface area contributed by atoms with Gasteiger partial charge in [-0.05, 0) is 43.5 Å². The molecule has 0 heterocycles. The quantitative estimate of drug-likeness (QED) is 0.738. The minimum Gasteiger partial charge on any atom is -0.434 e. The second-order valence-corrected chi connectivity index (χ2v) is 4.46. The lowest BCUT2D eigenvalue weighted by molar-refractivity contribution is -0.0507. The highest BCUT2D eigenvalue weighted by Gasteiger charge is 2.11. The maximum atomic E-state index is 12.3. The molecule has 0 aliphatic carbocycles. The van der Waals surface area contributed by atoms with Crippen LogP contribution in [0.4, 0.5) is 8.78 Å². The molecule has 0 saturated heterocycles. The van der Waals surface area contributed by atoms with Gasteiger partial charge in [-0.15, -0.1) is 0 Å². The maximum absolute atomic E-state index is 12.3. The molecule has 1 rings (SSSR count). The van der Waals surface area contributed by atoms with Gasteiger partial charge in [0, 0.05) is 20.3 Å². The molecule has 108 valence electrons. The molecule has 0 radical (unpaired) electrons. The molecule has 19 heavy (non-hydrogen) atoms. The van der Waals surface area contributed by atoms with E-state index >= 15 is 0 Å². The molecule has 1 N–H and O–H groups in total. The van der Waals surface area contributed by atoms with E-state index in [0.717, 1.165) is 36.3 Å². The van der Waals surface area contributed by atoms with Gasteiger partial charge in [-0.3, -0.25) is 0 Å². The summed E-state index contributed by atoms with van der Waals surface area (Å²) in [7, 11) is 1.68. The van der Waals surface area contributed by atoms with Crippen molar-refractivity contribution in [2.75, 3.05) is 20.3 Å². The highest BCUT2D eigenvalue weighted by Crippen LogP contribution is 2.26. The van der Waals surface area contributed by atoms with E-state index in [4.69, 9.17) is 4.74 Å². The largest absolute Gasteiger partial charge is 0.434 e. The van der Waals surface area contributed by atoms with Crippen molar-refractivity contribution in [3.05, 3.63) is 28.8 Å². The van der Waals surface area contributed by atoms with E-state index in [1.54, 1.807) is 21.0 Å². The lowest BCUT2D eigenvalue weighted by atomic mass is 10.1. The van der Waals surface area contributed by atoms with E-state index in [1.165, 1.54) is 0 Å². The fraction of sp³-hybridized carbons (Fsp3) is 0.571. The predicted molar refractivity (Wildman–Crippen MR) is 70.7 cm³/mol. The van der Waals surface area contributed by atoms with Gasteiger partial charge >= 0.3 is 6.61 Å². The fourth-order valence-corrected chi connectivity index (χ4v) is 1.99. The van der Waals surface area contributed by atoms with E-state index in [2.05, 4.69) is 10.1 Å². The Morgan fingerprint density at radius 3 is 2.37 bits per heavy atom. The topological polar surface area (TPSA) is 30.5 Å². The van der Waals surface area contributed by atoms with E-state index in [1.807, 2.05) is 12.1 Å². The number of benzene rings is 1. The van der Waals surface area contributed by atoms with Gasteiger partial charge < -0.3 is 14.8 Å². The number of nitrogens with one attached hydrogen (secondary N) is 1. The van der Waals surface area contributed by atoms with Crippen LogP contribution in [0.1, 0.15) is 23.1 Å². The number of hydrogen-bond donors (Lipinski definition) is 1. The summed E-state index contributed by atoms with van der Waals surface area (Å²) >= 11 is 0. The van der Waals surface area contributed by atoms with Crippen LogP contribution in [-0.2, 0) is 11.3 Å². The van der Waals surface area contributed by atoms with Crippen molar-refractivity contribution in [2.45, 2.75) is 33.4 Å². The molecular formula is C14H21F2NO2. The van der Waals surface area contributed by atoms with Crippen molar-refractivity contribution in [1.29, 1.82) is 0 Å². The zero-order valence-electron chi connectivity index (χ0n) is 11.6. The average molecular weight is 273 g/mol. The van der Waals surface area contributed by atoms with Gasteiger partial charge in [0.05, 0.1) is 0 Å². The fourth-order valence-electron chi connectivity index (χ4n) is 1.99. The smallest absolute Gasteiger partial charge is 0.387 e. The summed E-state index contributed by atoms with van der Waals surface area (Å²) in [5, 5.41) is 3.28. The van der Waals surface area contributed by atoms with Crippen molar-refractivity contribution in [3.8, 4) is 5.75 Å². The molecule has 0 fully saturated rings. The Hall–Kier alpha value is -1.20. The Morgan fingerprint density at radius 2 is 1.84 bits per heavy atom. The summed E-state index contributed by atoms with van der Waals surface area (Å²) in [6.07, 6.45) is 0.945. The molecule has 0 atom stereocenters. The van der Waals surface area contributed by atoms with Gasteiger partial charge in [0.25, 0.3) is 0 Å². The van der Waals surface area contributed by atoms with Crippen LogP contribution in [0.25, 0.3) is 0 Å². The van der Waals surface area contributed by atoms with E-state index in [-0.39, 0.29) is 5.75 Å². The first-order valence-electron chi connectivity index (χ1n) is 6.29. The Morgan fingerprint density at radius 1 is 1.21 bits per heavy atom. The molecule has 0 aromatic heterocycles. The second-order valence-electron chi connectivity index (χ2n) is 4.46. The number of ether oxygens (including phenoxy) is 2. The molecular weight excluding hydrogens is 252 g/mol. The Labute approximate surface area is 112 Å². The molecule has 1 aromatic carbocycles. The molecule has 3 nitrogen and oxygen atoms in total. The number of aryl methyl sites for hydroxylation is 2. The average Bonchev–Trinajstić information content (AvgIpc) is 2.33. The molecule has 0 aliphatic rings. The first kappa shape index (κ1) is 15.9. The summed E-state index contributed by atoms with van der Waals surface area (Å²) in [6.45, 7) is 3.07. The van der Waals surface area contributed by atoms with Gasteiger partial charge in [0.15, 0.2) is 0 Å². The summed E-state index contributed by atoms with van der Waals surface area (Å²) in [6, 6.07) is 3.74. The third-order valence-corrected chi connectivity index (χ3v) is 2.76. The van der Waals surface area contributed by atoms with Crippen molar-refractivity contribution >= 4 is 0 Å². The summed E-state index contributed by atoms with van der Waals surface area (Å²) < 4.78 is 34.0. The standard InChI is InChI=1S/C14H21F2NO2/c1-10-7-12(9-17-5-4-6-18-3)8-11(2)13(10)19-14(15)16/h7-8,14,17H,4-6,9H2,1-3H3. The van der Waals surface area contributed by atoms with E-state index in [0.29, 0.717) is 6.54 Å². The lowest BCUT2D eigenvalue weighted by Gasteiger charge is -2.13. The number of hydrogen-bond acceptors (Lipinski definition) is 3. The van der Waals surface area contributed by atoms with Gasteiger partial charge in [0.2, 0.25) is 0 Å². The normalized spacial score (nSPS) is 11.1. The van der Waals surface area contributed by atoms with Crippen molar-refractivity contribution in [3.63, 3.8) is 0 Å². The van der Waals surface area contributed by atoms with E-state index in [9.17, 15) is 8.78 Å². The third kappa shape index (κ3) is 5.53. The van der Waals surface area contributed by atoms with Crippen molar-refractivity contribution < 1.29 is 18.3 Å². The maximum Gasteiger partial charge on any atom is 0.387 e. The molecule has 0 bridgehead atoms. The first-order chi connectivity index (χ1) is 9.04. The highest BCUT2D eigenvalue weighted by atomic mass is 19.3. The van der Waals surface area contributed by atoms with Crippen LogP contribution in [0.15, 0.2) is 12.1 Å². The lowest BCUT2D eigenvalue weighted by Crippen LogP contribution is -2.16. The zero-order chi connectivity index (χ0) is 14.3. The molecule has 0 unspecified atom stereocenters. The van der Waals surface area contributed by atoms with Crippen LogP contribution in [0, 0.1) is 13.8 Å². The Kier molecular flexibility index (Phi) is 6.73. The SMILES string of the molecule is COCCCNCc1cc(C)c(OC(F)F)c(C)c1. The van der Waals surface area contributed by atoms with Crippen molar-refractivity contribution in [2.24, 2.45) is 0 Å². The Balaban J connectivity index is 2.57. The van der Waals surface area contributed by atoms with Crippen LogP contribution < -0.4 is 10.1 Å². The van der Waals surface area contributed by atoms with Crippen LogP contribution in [0.5, 0.6) is 5.75 Å². The summed E-state index contributed by atoms with van der Waals surface area (Å²) in [5.41, 5.74) is 2.53. The van der Waals surface area contributed by atoms with Crippen LogP contribution >= 0.6 is 0 Å². The summed E-state index contributed by atoms with van der Waals surface area (Å²) in [5.74, 6) is 0.276. The van der Waals surface area contributed by atoms with Crippen LogP contribution in [-0.4, -0.2) is 26.9 Å². The molecule has 5 heteroatoms. The minimum absolute atomic E-state index is 0.276. The monoisotopic (exact) mass is 273 g/mol. The predicted octanol–water partition coefficient (Wildman–Crippen LogP) is 3.03. The first-order valence-corrected chi connectivity index (χ1v) is 6.29. The number of methoxy groups -OCH3 is 1. The van der Waals surface area contributed by atoms with Gasteiger partial charge in [-0.25, -0.2) is 0 Å². The molecule has 0 amide bonds. The van der Waals surface area contributed by atoms with E-state index < -0.39 is 6.61 Å². The third-order valence-electron chi connectivity index (χ3n) is 2.76. The highest BCUT2D eigenvalue weighted by molar-refractivity contribution is 5.43. The van der Waals surface area contributed by atoms with Crippen molar-refractivity contribution in [1.82, 2.24) is 5.32 Å². The van der Waals surface area contributed by atoms with Gasteiger partial charge in [0.1, 0.15) is 5.75 Å². The number of rotatable bonds is 8. The molecule has 0 spiro atoms. The Bertz CT molecular complexity index is 374. The molecule has 0 aliphatic heterocycles. The van der Waals surface area contributed by atoms with Gasteiger partial charge in [-0.1, -0.05) is 12.1 Å². The number of alkyl halides is 2.